The van der Waals surface area contributed by atoms with Crippen LogP contribution in [0, 0.1) is 0 Å². The highest BCUT2D eigenvalue weighted by molar-refractivity contribution is 5.76. The second-order valence-electron chi connectivity index (χ2n) is 2.92. The van der Waals surface area contributed by atoms with E-state index >= 15 is 0 Å². The molecule has 0 saturated heterocycles. The van der Waals surface area contributed by atoms with E-state index in [2.05, 4.69) is 16.9 Å². The molecule has 2 rings (SSSR count). The minimum Gasteiger partial charge on any atom is -0.497 e. The maximum atomic E-state index is 5.12. The van der Waals surface area contributed by atoms with Crippen LogP contribution in [-0.2, 0) is 6.42 Å². The van der Waals surface area contributed by atoms with Gasteiger partial charge in [0.2, 0.25) is 0 Å². The fourth-order valence-electron chi connectivity index (χ4n) is 1.34. The summed E-state index contributed by atoms with van der Waals surface area (Å²) in [5, 5.41) is 0. The summed E-state index contributed by atoms with van der Waals surface area (Å²) in [5.41, 5.74) is 2.04. The summed E-state index contributed by atoms with van der Waals surface area (Å²) in [5.74, 6) is 1.88. The Kier molecular flexibility index (Phi) is 1.93. The normalized spacial score (nSPS) is 10.6. The number of imidazole rings is 1. The maximum Gasteiger partial charge on any atom is 0.121 e. The number of aryl methyl sites for hydroxylation is 1. The van der Waals surface area contributed by atoms with Crippen LogP contribution in [0.5, 0.6) is 5.75 Å². The fraction of sp³-hybridized carbons (Fsp3) is 0.300. The molecule has 0 amide bonds. The molecule has 0 unspecified atom stereocenters. The van der Waals surface area contributed by atoms with Gasteiger partial charge in [0.25, 0.3) is 0 Å². The molecular formula is C10H12N2O. The highest BCUT2D eigenvalue weighted by Gasteiger charge is 2.01. The van der Waals surface area contributed by atoms with Crippen LogP contribution in [0.15, 0.2) is 18.2 Å². The van der Waals surface area contributed by atoms with E-state index in [-0.39, 0.29) is 0 Å². The van der Waals surface area contributed by atoms with Crippen molar-refractivity contribution >= 4 is 11.0 Å². The number of aromatic nitrogens is 2. The minimum absolute atomic E-state index is 0.860. The Morgan fingerprint density at radius 1 is 1.46 bits per heavy atom. The predicted octanol–water partition coefficient (Wildman–Crippen LogP) is 2.13. The van der Waals surface area contributed by atoms with Crippen LogP contribution in [0.4, 0.5) is 0 Å². The zero-order chi connectivity index (χ0) is 9.26. The number of rotatable bonds is 2. The second-order valence-corrected chi connectivity index (χ2v) is 2.92. The van der Waals surface area contributed by atoms with Gasteiger partial charge in [0.1, 0.15) is 11.6 Å². The van der Waals surface area contributed by atoms with Crippen LogP contribution >= 0.6 is 0 Å². The van der Waals surface area contributed by atoms with E-state index in [1.165, 1.54) is 0 Å². The zero-order valence-corrected chi connectivity index (χ0v) is 7.79. The van der Waals surface area contributed by atoms with Crippen molar-refractivity contribution < 1.29 is 4.74 Å². The molecule has 68 valence electrons. The Bertz CT molecular complexity index is 418. The van der Waals surface area contributed by atoms with Gasteiger partial charge in [-0.15, -0.1) is 0 Å². The van der Waals surface area contributed by atoms with Crippen molar-refractivity contribution in [1.82, 2.24) is 9.97 Å². The smallest absolute Gasteiger partial charge is 0.121 e. The van der Waals surface area contributed by atoms with Gasteiger partial charge in [-0.3, -0.25) is 0 Å². The van der Waals surface area contributed by atoms with E-state index in [1.54, 1.807) is 7.11 Å². The number of H-pyrrole nitrogens is 1. The maximum absolute atomic E-state index is 5.12. The van der Waals surface area contributed by atoms with Crippen molar-refractivity contribution in [3.05, 3.63) is 24.0 Å². The van der Waals surface area contributed by atoms with Crippen molar-refractivity contribution in [2.75, 3.05) is 7.11 Å². The van der Waals surface area contributed by atoms with Crippen LogP contribution in [0.3, 0.4) is 0 Å². The summed E-state index contributed by atoms with van der Waals surface area (Å²) in [6.45, 7) is 2.08. The first kappa shape index (κ1) is 8.10. The molecule has 1 aromatic heterocycles. The lowest BCUT2D eigenvalue weighted by Gasteiger charge is -1.96. The average molecular weight is 176 g/mol. The first-order valence-electron chi connectivity index (χ1n) is 4.36. The molecule has 0 aliphatic rings. The molecule has 3 heteroatoms. The monoisotopic (exact) mass is 176 g/mol. The number of fused-ring (bicyclic) bond motifs is 1. The average Bonchev–Trinajstić information content (AvgIpc) is 2.58. The standard InChI is InChI=1S/C10H12N2O/c1-3-10-11-8-5-4-7(13-2)6-9(8)12-10/h4-6H,3H2,1-2H3,(H,11,12). The molecule has 0 saturated carbocycles. The molecule has 2 aromatic rings. The molecular weight excluding hydrogens is 164 g/mol. The number of hydrogen-bond acceptors (Lipinski definition) is 2. The number of aromatic amines is 1. The summed E-state index contributed by atoms with van der Waals surface area (Å²) in [7, 11) is 1.66. The molecule has 0 aliphatic heterocycles. The molecule has 0 radical (unpaired) electrons. The molecule has 1 N–H and O–H groups in total. The first-order chi connectivity index (χ1) is 6.33. The molecule has 0 bridgehead atoms. The van der Waals surface area contributed by atoms with E-state index in [0.29, 0.717) is 0 Å². The van der Waals surface area contributed by atoms with Gasteiger partial charge in [-0.2, -0.15) is 0 Å². The number of hydrogen-bond donors (Lipinski definition) is 1. The summed E-state index contributed by atoms with van der Waals surface area (Å²) in [6.07, 6.45) is 0.928. The van der Waals surface area contributed by atoms with Gasteiger partial charge in [-0.05, 0) is 12.1 Å². The highest BCUT2D eigenvalue weighted by atomic mass is 16.5. The number of methoxy groups -OCH3 is 1. The summed E-state index contributed by atoms with van der Waals surface area (Å²) >= 11 is 0. The molecule has 0 atom stereocenters. The van der Waals surface area contributed by atoms with Crippen molar-refractivity contribution in [3.8, 4) is 5.75 Å². The Morgan fingerprint density at radius 2 is 2.31 bits per heavy atom. The summed E-state index contributed by atoms with van der Waals surface area (Å²) in [6, 6.07) is 5.84. The lowest BCUT2D eigenvalue weighted by atomic mass is 10.3. The molecule has 1 aromatic carbocycles. The van der Waals surface area contributed by atoms with Crippen molar-refractivity contribution in [2.24, 2.45) is 0 Å². The lowest BCUT2D eigenvalue weighted by Crippen LogP contribution is -1.81. The minimum atomic E-state index is 0.860. The van der Waals surface area contributed by atoms with E-state index in [9.17, 15) is 0 Å². The summed E-state index contributed by atoms with van der Waals surface area (Å²) < 4.78 is 5.12. The van der Waals surface area contributed by atoms with Gasteiger partial charge in [0.05, 0.1) is 18.1 Å². The summed E-state index contributed by atoms with van der Waals surface area (Å²) in [4.78, 5) is 7.62. The molecule has 0 spiro atoms. The topological polar surface area (TPSA) is 37.9 Å². The van der Waals surface area contributed by atoms with Crippen LogP contribution < -0.4 is 4.74 Å². The van der Waals surface area contributed by atoms with Crippen molar-refractivity contribution in [3.63, 3.8) is 0 Å². The van der Waals surface area contributed by atoms with Gasteiger partial charge < -0.3 is 9.72 Å². The van der Waals surface area contributed by atoms with E-state index in [4.69, 9.17) is 4.74 Å². The fourth-order valence-corrected chi connectivity index (χ4v) is 1.34. The number of ether oxygens (including phenoxy) is 1. The van der Waals surface area contributed by atoms with Crippen molar-refractivity contribution in [2.45, 2.75) is 13.3 Å². The largest absolute Gasteiger partial charge is 0.497 e. The number of nitrogens with one attached hydrogen (secondary N) is 1. The number of benzene rings is 1. The third-order valence-corrected chi connectivity index (χ3v) is 2.07. The first-order valence-corrected chi connectivity index (χ1v) is 4.36. The van der Waals surface area contributed by atoms with E-state index in [1.807, 2.05) is 18.2 Å². The van der Waals surface area contributed by atoms with Gasteiger partial charge in [0, 0.05) is 12.5 Å². The molecule has 0 fully saturated rings. The van der Waals surface area contributed by atoms with Gasteiger partial charge >= 0.3 is 0 Å². The molecule has 0 aliphatic carbocycles. The van der Waals surface area contributed by atoms with Crippen molar-refractivity contribution in [1.29, 1.82) is 0 Å². The van der Waals surface area contributed by atoms with Crippen LogP contribution in [0.1, 0.15) is 12.7 Å². The highest BCUT2D eigenvalue weighted by Crippen LogP contribution is 2.18. The molecule has 1 heterocycles. The van der Waals surface area contributed by atoms with Crippen LogP contribution in [0.25, 0.3) is 11.0 Å². The van der Waals surface area contributed by atoms with E-state index in [0.717, 1.165) is 29.0 Å². The van der Waals surface area contributed by atoms with Crippen LogP contribution in [-0.4, -0.2) is 17.1 Å². The van der Waals surface area contributed by atoms with E-state index < -0.39 is 0 Å². The third kappa shape index (κ3) is 1.37. The Labute approximate surface area is 76.8 Å². The Balaban J connectivity index is 2.57. The van der Waals surface area contributed by atoms with Gasteiger partial charge in [-0.1, -0.05) is 6.92 Å². The van der Waals surface area contributed by atoms with Gasteiger partial charge in [0.15, 0.2) is 0 Å². The quantitative estimate of drug-likeness (QED) is 0.761. The molecule has 3 nitrogen and oxygen atoms in total. The third-order valence-electron chi connectivity index (χ3n) is 2.07. The molecule has 13 heavy (non-hydrogen) atoms. The van der Waals surface area contributed by atoms with Gasteiger partial charge in [-0.25, -0.2) is 4.98 Å². The second kappa shape index (κ2) is 3.09. The Morgan fingerprint density at radius 3 is 3.00 bits per heavy atom. The zero-order valence-electron chi connectivity index (χ0n) is 7.79. The Hall–Kier alpha value is -1.51. The SMILES string of the molecule is CCc1nc2ccc(OC)cc2[nH]1. The predicted molar refractivity (Wildman–Crippen MR) is 52.0 cm³/mol. The number of nitrogens with zero attached hydrogens (tertiary/aromatic N) is 1. The van der Waals surface area contributed by atoms with Crippen LogP contribution in [0.2, 0.25) is 0 Å². The lowest BCUT2D eigenvalue weighted by molar-refractivity contribution is 0.415.